The third-order valence-electron chi connectivity index (χ3n) is 1.90. The fraction of sp³-hybridized carbons (Fsp3) is 0.571. The predicted octanol–water partition coefficient (Wildman–Crippen LogP) is 1.64. The van der Waals surface area contributed by atoms with Crippen LogP contribution in [0, 0.1) is 10.1 Å². The number of halogens is 4. The van der Waals surface area contributed by atoms with Crippen molar-refractivity contribution in [3.05, 3.63) is 16.4 Å². The molecule has 0 radical (unpaired) electrons. The molecule has 96 valence electrons. The van der Waals surface area contributed by atoms with Crippen LogP contribution in [0.3, 0.4) is 0 Å². The number of aromatic nitrogens is 2. The summed E-state index contributed by atoms with van der Waals surface area (Å²) in [6, 6.07) is 0. The Kier molecular flexibility index (Phi) is 3.53. The smallest absolute Gasteiger partial charge is 0.358 e. The van der Waals surface area contributed by atoms with Gasteiger partial charge in [0.2, 0.25) is 12.1 Å². The van der Waals surface area contributed by atoms with E-state index in [2.05, 4.69) is 4.98 Å². The van der Waals surface area contributed by atoms with E-state index in [0.717, 1.165) is 10.9 Å². The highest BCUT2D eigenvalue weighted by atomic mass is 19.3. The molecule has 10 heteroatoms. The minimum atomic E-state index is -4.27. The van der Waals surface area contributed by atoms with E-state index in [9.17, 15) is 27.7 Å². The Balaban J connectivity index is 2.82. The van der Waals surface area contributed by atoms with E-state index < -0.39 is 29.6 Å². The summed E-state index contributed by atoms with van der Waals surface area (Å²) in [5.74, 6) is -5.31. The number of aryl methyl sites for hydroxylation is 1. The number of imidazole rings is 1. The van der Waals surface area contributed by atoms with Gasteiger partial charge in [-0.1, -0.05) is 0 Å². The minimum Gasteiger partial charge on any atom is -0.358 e. The Hall–Kier alpha value is -1.87. The molecule has 0 spiro atoms. The quantitative estimate of drug-likeness (QED) is 0.493. The van der Waals surface area contributed by atoms with Crippen molar-refractivity contribution in [3.63, 3.8) is 0 Å². The lowest BCUT2D eigenvalue weighted by Crippen LogP contribution is -2.35. The van der Waals surface area contributed by atoms with Crippen LogP contribution in [-0.4, -0.2) is 33.4 Å². The lowest BCUT2D eigenvalue weighted by molar-refractivity contribution is -0.388. The van der Waals surface area contributed by atoms with Gasteiger partial charge >= 0.3 is 18.2 Å². The molecule has 1 aromatic heterocycles. The first-order valence-corrected chi connectivity index (χ1v) is 4.31. The molecule has 0 saturated carbocycles. The molecule has 0 atom stereocenters. The molecule has 0 amide bonds. The SMILES string of the molecule is Cn1cnc([N+](=O)[O-])c1NCC(F)(F)C(F)F. The molecule has 1 N–H and O–H groups in total. The normalized spacial score (nSPS) is 11.9. The third-order valence-corrected chi connectivity index (χ3v) is 1.90. The topological polar surface area (TPSA) is 73.0 Å². The molecule has 0 saturated heterocycles. The molecule has 0 bridgehead atoms. The fourth-order valence-corrected chi connectivity index (χ4v) is 1.03. The van der Waals surface area contributed by atoms with Gasteiger partial charge in [0.1, 0.15) is 0 Å². The van der Waals surface area contributed by atoms with E-state index in [1.165, 1.54) is 7.05 Å². The predicted molar refractivity (Wildman–Crippen MR) is 49.3 cm³/mol. The lowest BCUT2D eigenvalue weighted by Gasteiger charge is -2.16. The second-order valence-electron chi connectivity index (χ2n) is 3.20. The number of anilines is 1. The van der Waals surface area contributed by atoms with Crippen molar-refractivity contribution in [2.45, 2.75) is 12.3 Å². The van der Waals surface area contributed by atoms with Gasteiger partial charge in [-0.05, 0) is 9.91 Å². The van der Waals surface area contributed by atoms with E-state index in [0.29, 0.717) is 0 Å². The van der Waals surface area contributed by atoms with E-state index in [1.807, 2.05) is 5.32 Å². The number of nitrogens with one attached hydrogen (secondary N) is 1. The first kappa shape index (κ1) is 13.2. The van der Waals surface area contributed by atoms with Crippen molar-refractivity contribution in [3.8, 4) is 0 Å². The average Bonchev–Trinajstić information content (AvgIpc) is 2.56. The molecule has 6 nitrogen and oxygen atoms in total. The van der Waals surface area contributed by atoms with Gasteiger partial charge in [0.05, 0.1) is 6.54 Å². The number of hydrogen-bond donors (Lipinski definition) is 1. The molecule has 1 aromatic rings. The van der Waals surface area contributed by atoms with Crippen LogP contribution in [0.2, 0.25) is 0 Å². The van der Waals surface area contributed by atoms with Crippen molar-refractivity contribution >= 4 is 11.6 Å². The minimum absolute atomic E-state index is 0.352. The first-order valence-electron chi connectivity index (χ1n) is 4.31. The highest BCUT2D eigenvalue weighted by Crippen LogP contribution is 2.26. The zero-order valence-corrected chi connectivity index (χ0v) is 8.53. The Morgan fingerprint density at radius 2 is 2.24 bits per heavy atom. The van der Waals surface area contributed by atoms with Gasteiger partial charge in [-0.3, -0.25) is 4.57 Å². The molecule has 0 aromatic carbocycles. The molecule has 17 heavy (non-hydrogen) atoms. The monoisotopic (exact) mass is 256 g/mol. The van der Waals surface area contributed by atoms with E-state index in [-0.39, 0.29) is 5.82 Å². The van der Waals surface area contributed by atoms with Gasteiger partial charge in [0.15, 0.2) is 0 Å². The van der Waals surface area contributed by atoms with Crippen molar-refractivity contribution in [2.24, 2.45) is 7.05 Å². The van der Waals surface area contributed by atoms with Crippen LogP contribution >= 0.6 is 0 Å². The van der Waals surface area contributed by atoms with Crippen LogP contribution in [0.4, 0.5) is 29.2 Å². The van der Waals surface area contributed by atoms with Crippen LogP contribution in [0.25, 0.3) is 0 Å². The Morgan fingerprint density at radius 3 is 2.71 bits per heavy atom. The molecule has 0 unspecified atom stereocenters. The zero-order valence-electron chi connectivity index (χ0n) is 8.53. The maximum absolute atomic E-state index is 12.6. The molecule has 1 rings (SSSR count). The summed E-state index contributed by atoms with van der Waals surface area (Å²) in [4.78, 5) is 12.9. The molecule has 0 aliphatic carbocycles. The average molecular weight is 256 g/mol. The Labute approximate surface area is 92.4 Å². The maximum Gasteiger partial charge on any atom is 0.406 e. The van der Waals surface area contributed by atoms with Crippen molar-refractivity contribution < 1.29 is 22.5 Å². The number of nitrogens with zero attached hydrogens (tertiary/aromatic N) is 3. The van der Waals surface area contributed by atoms with Gasteiger partial charge in [-0.2, -0.15) is 8.78 Å². The molecule has 0 fully saturated rings. The largest absolute Gasteiger partial charge is 0.406 e. The first-order chi connectivity index (χ1) is 7.75. The lowest BCUT2D eigenvalue weighted by atomic mass is 10.3. The van der Waals surface area contributed by atoms with Gasteiger partial charge in [0, 0.05) is 7.05 Å². The molecule has 0 aliphatic rings. The fourth-order valence-electron chi connectivity index (χ4n) is 1.03. The summed E-state index contributed by atoms with van der Waals surface area (Å²) in [5.41, 5.74) is 0. The Bertz CT molecular complexity index is 420. The zero-order chi connectivity index (χ0) is 13.2. The van der Waals surface area contributed by atoms with E-state index in [1.54, 1.807) is 0 Å². The molecule has 1 heterocycles. The summed E-state index contributed by atoms with van der Waals surface area (Å²) >= 11 is 0. The van der Waals surface area contributed by atoms with Crippen molar-refractivity contribution in [1.82, 2.24) is 9.55 Å². The molecule has 0 aliphatic heterocycles. The number of nitro groups is 1. The summed E-state index contributed by atoms with van der Waals surface area (Å²) in [7, 11) is 1.31. The van der Waals surface area contributed by atoms with Crippen LogP contribution < -0.4 is 5.32 Å². The second kappa shape index (κ2) is 4.55. The Morgan fingerprint density at radius 1 is 1.65 bits per heavy atom. The summed E-state index contributed by atoms with van der Waals surface area (Å²) in [5, 5.41) is 12.3. The van der Waals surface area contributed by atoms with Crippen LogP contribution in [0.15, 0.2) is 6.33 Å². The molecular formula is C7H8F4N4O2. The van der Waals surface area contributed by atoms with E-state index >= 15 is 0 Å². The summed E-state index contributed by atoms with van der Waals surface area (Å²) < 4.78 is 49.9. The standard InChI is InChI=1S/C7H8F4N4O2/c1-14-3-13-5(15(16)17)4(14)12-2-7(10,11)6(8)9/h3,6,12H,2H2,1H3. The third kappa shape index (κ3) is 2.82. The highest BCUT2D eigenvalue weighted by molar-refractivity contribution is 5.52. The van der Waals surface area contributed by atoms with Gasteiger partial charge < -0.3 is 15.4 Å². The van der Waals surface area contributed by atoms with Gasteiger partial charge in [-0.25, -0.2) is 8.78 Å². The summed E-state index contributed by atoms with van der Waals surface area (Å²) in [6.07, 6.45) is -2.83. The van der Waals surface area contributed by atoms with E-state index in [4.69, 9.17) is 0 Å². The highest BCUT2D eigenvalue weighted by Gasteiger charge is 2.41. The summed E-state index contributed by atoms with van der Waals surface area (Å²) in [6.45, 7) is -1.41. The number of hydrogen-bond acceptors (Lipinski definition) is 4. The molecular weight excluding hydrogens is 248 g/mol. The van der Waals surface area contributed by atoms with Crippen LogP contribution in [0.5, 0.6) is 0 Å². The van der Waals surface area contributed by atoms with Crippen LogP contribution in [-0.2, 0) is 7.05 Å². The number of rotatable bonds is 5. The van der Waals surface area contributed by atoms with Gasteiger partial charge in [0.25, 0.3) is 0 Å². The van der Waals surface area contributed by atoms with Gasteiger partial charge in [-0.15, -0.1) is 0 Å². The maximum atomic E-state index is 12.6. The van der Waals surface area contributed by atoms with Crippen LogP contribution in [0.1, 0.15) is 0 Å². The van der Waals surface area contributed by atoms with Crippen molar-refractivity contribution in [2.75, 3.05) is 11.9 Å². The second-order valence-corrected chi connectivity index (χ2v) is 3.20. The van der Waals surface area contributed by atoms with Crippen molar-refractivity contribution in [1.29, 1.82) is 0 Å². The number of alkyl halides is 4.